The lowest BCUT2D eigenvalue weighted by Crippen LogP contribution is -2.40. The van der Waals surface area contributed by atoms with Gasteiger partial charge in [-0.1, -0.05) is 0 Å². The van der Waals surface area contributed by atoms with Crippen LogP contribution in [0.4, 0.5) is 5.69 Å². The van der Waals surface area contributed by atoms with E-state index in [9.17, 15) is 18.0 Å². The number of methoxy groups -OCH3 is 1. The first-order valence-corrected chi connectivity index (χ1v) is 9.10. The highest BCUT2D eigenvalue weighted by Gasteiger charge is 2.28. The highest BCUT2D eigenvalue weighted by atomic mass is 32.2. The molecule has 8 heteroatoms. The average Bonchev–Trinajstić information content (AvgIpc) is 2.54. The van der Waals surface area contributed by atoms with Crippen LogP contribution in [0.3, 0.4) is 0 Å². The molecule has 1 aromatic rings. The highest BCUT2D eigenvalue weighted by molar-refractivity contribution is 7.88. The number of ether oxygens (including phenoxy) is 1. The van der Waals surface area contributed by atoms with Crippen molar-refractivity contribution in [2.45, 2.75) is 12.8 Å². The van der Waals surface area contributed by atoms with Gasteiger partial charge in [-0.15, -0.1) is 0 Å². The van der Waals surface area contributed by atoms with Crippen molar-refractivity contribution in [2.75, 3.05) is 31.8 Å². The maximum Gasteiger partial charge on any atom is 0.337 e. The van der Waals surface area contributed by atoms with Crippen LogP contribution in [0.15, 0.2) is 24.3 Å². The lowest BCUT2D eigenvalue weighted by atomic mass is 9.97. The van der Waals surface area contributed by atoms with Gasteiger partial charge in [0.1, 0.15) is 0 Å². The summed E-state index contributed by atoms with van der Waals surface area (Å²) in [6.45, 7) is 0.719. The van der Waals surface area contributed by atoms with Crippen LogP contribution >= 0.6 is 0 Å². The van der Waals surface area contributed by atoms with Crippen LogP contribution in [0.5, 0.6) is 0 Å². The number of rotatable bonds is 4. The van der Waals surface area contributed by atoms with Crippen molar-refractivity contribution < 1.29 is 22.7 Å². The molecule has 0 radical (unpaired) electrons. The molecule has 0 atom stereocenters. The fourth-order valence-electron chi connectivity index (χ4n) is 2.50. The molecule has 0 saturated carbocycles. The molecule has 7 nitrogen and oxygen atoms in total. The van der Waals surface area contributed by atoms with Gasteiger partial charge in [-0.25, -0.2) is 17.5 Å². The minimum atomic E-state index is -3.19. The predicted octanol–water partition coefficient (Wildman–Crippen LogP) is 1.08. The topological polar surface area (TPSA) is 92.8 Å². The van der Waals surface area contributed by atoms with Crippen LogP contribution in [-0.4, -0.2) is 51.1 Å². The molecule has 0 unspecified atom stereocenters. The van der Waals surface area contributed by atoms with Gasteiger partial charge in [0.2, 0.25) is 15.9 Å². The Labute approximate surface area is 135 Å². The largest absolute Gasteiger partial charge is 0.465 e. The smallest absolute Gasteiger partial charge is 0.337 e. The summed E-state index contributed by atoms with van der Waals surface area (Å²) in [5, 5.41) is 2.79. The van der Waals surface area contributed by atoms with Crippen LogP contribution < -0.4 is 5.32 Å². The Kier molecular flexibility index (Phi) is 5.38. The average molecular weight is 340 g/mol. The van der Waals surface area contributed by atoms with Crippen LogP contribution in [0.1, 0.15) is 23.2 Å². The molecule has 0 aliphatic carbocycles. The third kappa shape index (κ3) is 4.52. The van der Waals surface area contributed by atoms with Gasteiger partial charge in [-0.3, -0.25) is 4.79 Å². The fourth-order valence-corrected chi connectivity index (χ4v) is 3.38. The molecule has 1 saturated heterocycles. The van der Waals surface area contributed by atoms with Crippen LogP contribution in [-0.2, 0) is 19.6 Å². The molecule has 1 aromatic carbocycles. The number of sulfonamides is 1. The van der Waals surface area contributed by atoms with Crippen molar-refractivity contribution in [3.63, 3.8) is 0 Å². The molecule has 0 spiro atoms. The second-order valence-corrected chi connectivity index (χ2v) is 7.48. The quantitative estimate of drug-likeness (QED) is 0.828. The summed E-state index contributed by atoms with van der Waals surface area (Å²) in [4.78, 5) is 23.6. The van der Waals surface area contributed by atoms with E-state index in [2.05, 4.69) is 10.1 Å². The first-order chi connectivity index (χ1) is 10.8. The van der Waals surface area contributed by atoms with Crippen molar-refractivity contribution >= 4 is 27.6 Å². The lowest BCUT2D eigenvalue weighted by molar-refractivity contribution is -0.120. The summed E-state index contributed by atoms with van der Waals surface area (Å²) >= 11 is 0. The Morgan fingerprint density at radius 3 is 2.22 bits per heavy atom. The van der Waals surface area contributed by atoms with Gasteiger partial charge in [0.05, 0.1) is 18.9 Å². The molecule has 0 aromatic heterocycles. The molecule has 1 N–H and O–H groups in total. The molecule has 1 amide bonds. The zero-order chi connectivity index (χ0) is 17.0. The van der Waals surface area contributed by atoms with Crippen molar-refractivity contribution in [3.05, 3.63) is 29.8 Å². The standard InChI is InChI=1S/C15H20N2O5S/c1-22-15(19)12-3-5-13(6-4-12)16-14(18)11-7-9-17(10-8-11)23(2,20)21/h3-6,11H,7-10H2,1-2H3,(H,16,18). The second-order valence-electron chi connectivity index (χ2n) is 5.49. The van der Waals surface area contributed by atoms with E-state index in [1.165, 1.54) is 17.7 Å². The minimum Gasteiger partial charge on any atom is -0.465 e. The van der Waals surface area contributed by atoms with Crippen molar-refractivity contribution in [1.82, 2.24) is 4.31 Å². The molecular formula is C15H20N2O5S. The first-order valence-electron chi connectivity index (χ1n) is 7.25. The normalized spacial score (nSPS) is 16.8. The summed E-state index contributed by atoms with van der Waals surface area (Å²) < 4.78 is 28.9. The molecule has 1 fully saturated rings. The zero-order valence-corrected chi connectivity index (χ0v) is 13.9. The van der Waals surface area contributed by atoms with Crippen molar-refractivity contribution in [3.8, 4) is 0 Å². The Bertz CT molecular complexity index is 676. The van der Waals surface area contributed by atoms with Gasteiger partial charge < -0.3 is 10.1 Å². The number of carbonyl (C=O) groups excluding carboxylic acids is 2. The number of hydrogen-bond acceptors (Lipinski definition) is 5. The highest BCUT2D eigenvalue weighted by Crippen LogP contribution is 2.21. The molecule has 126 valence electrons. The summed E-state index contributed by atoms with van der Waals surface area (Å²) in [7, 11) is -1.89. The van der Waals surface area contributed by atoms with Crippen LogP contribution in [0, 0.1) is 5.92 Å². The Hall–Kier alpha value is -1.93. The Morgan fingerprint density at radius 2 is 1.74 bits per heavy atom. The summed E-state index contributed by atoms with van der Waals surface area (Å²) in [6.07, 6.45) is 2.18. The van der Waals surface area contributed by atoms with Gasteiger partial charge >= 0.3 is 5.97 Å². The van der Waals surface area contributed by atoms with E-state index in [1.54, 1.807) is 24.3 Å². The number of piperidine rings is 1. The maximum atomic E-state index is 12.2. The SMILES string of the molecule is COC(=O)c1ccc(NC(=O)C2CCN(S(C)(=O)=O)CC2)cc1. The lowest BCUT2D eigenvalue weighted by Gasteiger charge is -2.29. The zero-order valence-electron chi connectivity index (χ0n) is 13.1. The number of amides is 1. The summed E-state index contributed by atoms with van der Waals surface area (Å²) in [5.74, 6) is -0.784. The van der Waals surface area contributed by atoms with Crippen molar-refractivity contribution in [2.24, 2.45) is 5.92 Å². The van der Waals surface area contributed by atoms with E-state index in [1.807, 2.05) is 0 Å². The number of esters is 1. The number of hydrogen-bond donors (Lipinski definition) is 1. The van der Waals surface area contributed by atoms with Crippen LogP contribution in [0.2, 0.25) is 0 Å². The van der Waals surface area contributed by atoms with E-state index in [0.717, 1.165) is 0 Å². The first kappa shape index (κ1) is 17.4. The summed E-state index contributed by atoms with van der Waals surface area (Å²) in [5.41, 5.74) is 1.00. The monoisotopic (exact) mass is 340 g/mol. The van der Waals surface area contributed by atoms with Gasteiger partial charge in [0.15, 0.2) is 0 Å². The van der Waals surface area contributed by atoms with E-state index < -0.39 is 16.0 Å². The molecular weight excluding hydrogens is 320 g/mol. The molecule has 1 heterocycles. The minimum absolute atomic E-state index is 0.135. The predicted molar refractivity (Wildman–Crippen MR) is 85.6 cm³/mol. The maximum absolute atomic E-state index is 12.2. The number of nitrogens with one attached hydrogen (secondary N) is 1. The number of carbonyl (C=O) groups is 2. The van der Waals surface area contributed by atoms with Crippen molar-refractivity contribution in [1.29, 1.82) is 0 Å². The summed E-state index contributed by atoms with van der Waals surface area (Å²) in [6, 6.07) is 6.42. The van der Waals surface area contributed by atoms with Crippen LogP contribution in [0.25, 0.3) is 0 Å². The third-order valence-electron chi connectivity index (χ3n) is 3.87. The molecule has 1 aliphatic heterocycles. The Morgan fingerprint density at radius 1 is 1.17 bits per heavy atom. The van der Waals surface area contributed by atoms with Gasteiger partial charge in [0, 0.05) is 24.7 Å². The number of benzene rings is 1. The molecule has 2 rings (SSSR count). The number of anilines is 1. The van der Waals surface area contributed by atoms with E-state index >= 15 is 0 Å². The fraction of sp³-hybridized carbons (Fsp3) is 0.467. The van der Waals surface area contributed by atoms with Gasteiger partial charge in [-0.05, 0) is 37.1 Å². The van der Waals surface area contributed by atoms with E-state index in [-0.39, 0.29) is 11.8 Å². The van der Waals surface area contributed by atoms with E-state index in [0.29, 0.717) is 37.2 Å². The Balaban J connectivity index is 1.91. The molecule has 23 heavy (non-hydrogen) atoms. The third-order valence-corrected chi connectivity index (χ3v) is 5.17. The van der Waals surface area contributed by atoms with Gasteiger partial charge in [-0.2, -0.15) is 0 Å². The number of nitrogens with zero attached hydrogens (tertiary/aromatic N) is 1. The molecule has 0 bridgehead atoms. The van der Waals surface area contributed by atoms with E-state index in [4.69, 9.17) is 0 Å². The molecule has 1 aliphatic rings. The van der Waals surface area contributed by atoms with Gasteiger partial charge in [0.25, 0.3) is 0 Å². The second kappa shape index (κ2) is 7.10.